The Morgan fingerprint density at radius 3 is 2.79 bits per heavy atom. The largest absolute Gasteiger partial charge is 0.351 e. The molecule has 100 valence electrons. The highest BCUT2D eigenvalue weighted by Gasteiger charge is 2.12. The summed E-state index contributed by atoms with van der Waals surface area (Å²) >= 11 is 9.43. The van der Waals surface area contributed by atoms with Crippen LogP contribution in [-0.2, 0) is 12.4 Å². The lowest BCUT2D eigenvalue weighted by molar-refractivity contribution is 0.788. The van der Waals surface area contributed by atoms with Crippen LogP contribution in [0.4, 0.5) is 5.82 Å². The molecule has 2 heterocycles. The lowest BCUT2D eigenvalue weighted by Crippen LogP contribution is -2.24. The zero-order chi connectivity index (χ0) is 13.7. The number of hydrogen-bond acceptors (Lipinski definition) is 3. The molecule has 0 spiro atoms. The molecule has 0 aliphatic carbocycles. The molecular weight excluding hydrogens is 326 g/mol. The standard InChI is InChI=1S/C14H15BrClN3/c1-2-19(10-13-5-3-4-6-17-13)14-11(8-16)7-12(15)9-18-14/h3-7,9H,2,8,10H2,1H3. The fourth-order valence-corrected chi connectivity index (χ4v) is 2.46. The van der Waals surface area contributed by atoms with Crippen molar-refractivity contribution in [2.24, 2.45) is 0 Å². The summed E-state index contributed by atoms with van der Waals surface area (Å²) in [5, 5.41) is 0. The Hall–Kier alpha value is -1.13. The molecule has 0 saturated heterocycles. The summed E-state index contributed by atoms with van der Waals surface area (Å²) in [6, 6.07) is 7.94. The molecule has 0 aromatic carbocycles. The molecule has 0 fully saturated rings. The van der Waals surface area contributed by atoms with E-state index in [4.69, 9.17) is 11.6 Å². The topological polar surface area (TPSA) is 29.0 Å². The molecule has 3 nitrogen and oxygen atoms in total. The van der Waals surface area contributed by atoms with E-state index in [1.165, 1.54) is 0 Å². The van der Waals surface area contributed by atoms with Crippen LogP contribution in [0.5, 0.6) is 0 Å². The number of anilines is 1. The minimum Gasteiger partial charge on any atom is -0.351 e. The van der Waals surface area contributed by atoms with E-state index < -0.39 is 0 Å². The van der Waals surface area contributed by atoms with Gasteiger partial charge in [-0.15, -0.1) is 11.6 Å². The van der Waals surface area contributed by atoms with Crippen molar-refractivity contribution >= 4 is 33.3 Å². The average Bonchev–Trinajstić information content (AvgIpc) is 2.46. The van der Waals surface area contributed by atoms with E-state index in [2.05, 4.69) is 37.7 Å². The molecule has 19 heavy (non-hydrogen) atoms. The number of rotatable bonds is 5. The van der Waals surface area contributed by atoms with Gasteiger partial charge in [-0.2, -0.15) is 0 Å². The predicted molar refractivity (Wildman–Crippen MR) is 82.5 cm³/mol. The molecule has 0 bridgehead atoms. The molecule has 2 aromatic heterocycles. The van der Waals surface area contributed by atoms with Gasteiger partial charge in [0.25, 0.3) is 0 Å². The lowest BCUT2D eigenvalue weighted by Gasteiger charge is -2.23. The molecule has 0 amide bonds. The number of pyridine rings is 2. The van der Waals surface area contributed by atoms with Crippen LogP contribution in [0.2, 0.25) is 0 Å². The van der Waals surface area contributed by atoms with Crippen molar-refractivity contribution in [3.05, 3.63) is 52.4 Å². The van der Waals surface area contributed by atoms with Crippen LogP contribution in [0.15, 0.2) is 41.1 Å². The highest BCUT2D eigenvalue weighted by atomic mass is 79.9. The van der Waals surface area contributed by atoms with E-state index >= 15 is 0 Å². The smallest absolute Gasteiger partial charge is 0.133 e. The zero-order valence-electron chi connectivity index (χ0n) is 10.7. The summed E-state index contributed by atoms with van der Waals surface area (Å²) in [5.41, 5.74) is 2.04. The van der Waals surface area contributed by atoms with Crippen LogP contribution < -0.4 is 4.90 Å². The van der Waals surface area contributed by atoms with Crippen LogP contribution in [0.25, 0.3) is 0 Å². The van der Waals surface area contributed by atoms with Crippen molar-refractivity contribution < 1.29 is 0 Å². The van der Waals surface area contributed by atoms with E-state index in [1.54, 1.807) is 12.4 Å². The van der Waals surface area contributed by atoms with Gasteiger partial charge in [0.1, 0.15) is 5.82 Å². The molecule has 2 rings (SSSR count). The maximum Gasteiger partial charge on any atom is 0.133 e. The third kappa shape index (κ3) is 3.67. The molecule has 0 saturated carbocycles. The lowest BCUT2D eigenvalue weighted by atomic mass is 10.2. The summed E-state index contributed by atoms with van der Waals surface area (Å²) in [6.07, 6.45) is 3.60. The molecule has 0 N–H and O–H groups in total. The Balaban J connectivity index is 2.27. The van der Waals surface area contributed by atoms with Crippen LogP contribution in [0.3, 0.4) is 0 Å². The van der Waals surface area contributed by atoms with E-state index in [0.29, 0.717) is 5.88 Å². The molecule has 0 unspecified atom stereocenters. The second-order valence-corrected chi connectivity index (χ2v) is 5.29. The normalized spacial score (nSPS) is 10.5. The first kappa shape index (κ1) is 14.3. The summed E-state index contributed by atoms with van der Waals surface area (Å²) in [7, 11) is 0. The number of alkyl halides is 1. The van der Waals surface area contributed by atoms with Crippen molar-refractivity contribution in [2.75, 3.05) is 11.4 Å². The fraction of sp³-hybridized carbons (Fsp3) is 0.286. The second kappa shape index (κ2) is 6.87. The third-order valence-electron chi connectivity index (χ3n) is 2.81. The van der Waals surface area contributed by atoms with Crippen LogP contribution >= 0.6 is 27.5 Å². The SMILES string of the molecule is CCN(Cc1ccccn1)c1ncc(Br)cc1CCl. The number of aromatic nitrogens is 2. The van der Waals surface area contributed by atoms with Gasteiger partial charge < -0.3 is 4.90 Å². The molecule has 0 atom stereocenters. The Kier molecular flexibility index (Phi) is 5.16. The highest BCUT2D eigenvalue weighted by molar-refractivity contribution is 9.10. The first-order valence-electron chi connectivity index (χ1n) is 6.09. The van der Waals surface area contributed by atoms with Crippen molar-refractivity contribution in [1.82, 2.24) is 9.97 Å². The Morgan fingerprint density at radius 1 is 1.32 bits per heavy atom. The third-order valence-corrected chi connectivity index (χ3v) is 3.54. The maximum atomic E-state index is 6.00. The van der Waals surface area contributed by atoms with E-state index in [9.17, 15) is 0 Å². The molecule has 2 aromatic rings. The number of halogens is 2. The molecule has 5 heteroatoms. The number of nitrogens with zero attached hydrogens (tertiary/aromatic N) is 3. The van der Waals surface area contributed by atoms with Gasteiger partial charge in [-0.3, -0.25) is 4.98 Å². The summed E-state index contributed by atoms with van der Waals surface area (Å²) in [6.45, 7) is 3.69. The van der Waals surface area contributed by atoms with Crippen molar-refractivity contribution in [3.63, 3.8) is 0 Å². The summed E-state index contributed by atoms with van der Waals surface area (Å²) in [4.78, 5) is 11.0. The molecular formula is C14H15BrClN3. The van der Waals surface area contributed by atoms with E-state index in [0.717, 1.165) is 34.6 Å². The van der Waals surface area contributed by atoms with Crippen LogP contribution in [-0.4, -0.2) is 16.5 Å². The molecule has 0 radical (unpaired) electrons. The first-order chi connectivity index (χ1) is 9.24. The van der Waals surface area contributed by atoms with Gasteiger partial charge in [0, 0.05) is 29.0 Å². The quantitative estimate of drug-likeness (QED) is 0.770. The van der Waals surface area contributed by atoms with Gasteiger partial charge in [-0.25, -0.2) is 4.98 Å². The first-order valence-corrected chi connectivity index (χ1v) is 7.42. The minimum atomic E-state index is 0.445. The Bertz CT molecular complexity index is 533. The van der Waals surface area contributed by atoms with Gasteiger partial charge in [0.15, 0.2) is 0 Å². The highest BCUT2D eigenvalue weighted by Crippen LogP contribution is 2.24. The van der Waals surface area contributed by atoms with Crippen molar-refractivity contribution in [1.29, 1.82) is 0 Å². The van der Waals surface area contributed by atoms with Gasteiger partial charge in [-0.05, 0) is 41.1 Å². The zero-order valence-corrected chi connectivity index (χ0v) is 13.0. The van der Waals surface area contributed by atoms with E-state index in [-0.39, 0.29) is 0 Å². The van der Waals surface area contributed by atoms with Crippen LogP contribution in [0, 0.1) is 0 Å². The second-order valence-electron chi connectivity index (χ2n) is 4.11. The Morgan fingerprint density at radius 2 is 2.16 bits per heavy atom. The average molecular weight is 341 g/mol. The molecule has 0 aliphatic heterocycles. The van der Waals surface area contributed by atoms with Crippen molar-refractivity contribution in [3.8, 4) is 0 Å². The number of hydrogen-bond donors (Lipinski definition) is 0. The fourth-order valence-electron chi connectivity index (χ4n) is 1.88. The van der Waals surface area contributed by atoms with Gasteiger partial charge in [-0.1, -0.05) is 6.07 Å². The molecule has 0 aliphatic rings. The van der Waals surface area contributed by atoms with Gasteiger partial charge >= 0.3 is 0 Å². The minimum absolute atomic E-state index is 0.445. The monoisotopic (exact) mass is 339 g/mol. The van der Waals surface area contributed by atoms with Gasteiger partial charge in [0.05, 0.1) is 18.1 Å². The van der Waals surface area contributed by atoms with Gasteiger partial charge in [0.2, 0.25) is 0 Å². The Labute approximate surface area is 126 Å². The maximum absolute atomic E-state index is 6.00. The van der Waals surface area contributed by atoms with Crippen molar-refractivity contribution in [2.45, 2.75) is 19.3 Å². The predicted octanol–water partition coefficient (Wildman–Crippen LogP) is 4.00. The summed E-state index contributed by atoms with van der Waals surface area (Å²) in [5.74, 6) is 1.37. The summed E-state index contributed by atoms with van der Waals surface area (Å²) < 4.78 is 0.945. The van der Waals surface area contributed by atoms with E-state index in [1.807, 2.05) is 24.3 Å². The van der Waals surface area contributed by atoms with Crippen LogP contribution in [0.1, 0.15) is 18.2 Å².